The van der Waals surface area contributed by atoms with Crippen molar-refractivity contribution in [2.45, 2.75) is 46.4 Å². The fourth-order valence-electron chi connectivity index (χ4n) is 1.86. The summed E-state index contributed by atoms with van der Waals surface area (Å²) in [6, 6.07) is 6.65. The van der Waals surface area contributed by atoms with Gasteiger partial charge in [-0.1, -0.05) is 0 Å². The van der Waals surface area contributed by atoms with Gasteiger partial charge in [0.25, 0.3) is 0 Å². The van der Waals surface area contributed by atoms with Crippen LogP contribution in [0.5, 0.6) is 5.75 Å². The number of halogens is 1. The van der Waals surface area contributed by atoms with Crippen LogP contribution in [0.3, 0.4) is 0 Å². The van der Waals surface area contributed by atoms with Gasteiger partial charge in [0.1, 0.15) is 23.9 Å². The quantitative estimate of drug-likeness (QED) is 0.896. The highest BCUT2D eigenvalue weighted by atomic mass is 19.1. The second-order valence-electron chi connectivity index (χ2n) is 6.17. The lowest BCUT2D eigenvalue weighted by Gasteiger charge is -2.20. The normalized spacial score (nSPS) is 11.7. The Labute approximate surface area is 125 Å². The number of hydrogen-bond acceptors (Lipinski definition) is 3. The maximum atomic E-state index is 13.2. The van der Waals surface area contributed by atoms with Crippen LogP contribution in [0.1, 0.15) is 37.7 Å². The van der Waals surface area contributed by atoms with Gasteiger partial charge in [0, 0.05) is 11.1 Å². The molecule has 1 aromatic heterocycles. The molecule has 3 nitrogen and oxygen atoms in total. The zero-order valence-corrected chi connectivity index (χ0v) is 13.0. The second kappa shape index (κ2) is 6.31. The maximum absolute atomic E-state index is 13.2. The third kappa shape index (κ3) is 4.60. The molecule has 1 heterocycles. The first-order valence-corrected chi connectivity index (χ1v) is 7.04. The topological polar surface area (TPSA) is 34.4 Å². The van der Waals surface area contributed by atoms with Crippen molar-refractivity contribution in [3.05, 3.63) is 53.2 Å². The number of hydrogen-bond donors (Lipinski definition) is 1. The maximum Gasteiger partial charge on any atom is 0.126 e. The molecule has 0 amide bonds. The molecule has 0 unspecified atom stereocenters. The Balaban J connectivity index is 1.97. The molecule has 0 aliphatic rings. The van der Waals surface area contributed by atoms with E-state index >= 15 is 0 Å². The standard InChI is InChI=1S/C17H22FNO2/c1-12-9-14(5-6-15(12)18)21-11-13-7-8-20-16(13)10-19-17(2,3)4/h5-9,19H,10-11H2,1-4H3. The number of benzene rings is 1. The molecule has 114 valence electrons. The summed E-state index contributed by atoms with van der Waals surface area (Å²) in [4.78, 5) is 0. The van der Waals surface area contributed by atoms with Crippen LogP contribution in [0, 0.1) is 12.7 Å². The lowest BCUT2D eigenvalue weighted by molar-refractivity contribution is 0.298. The molecule has 0 radical (unpaired) electrons. The number of nitrogens with one attached hydrogen (secondary N) is 1. The van der Waals surface area contributed by atoms with Crippen LogP contribution in [0.2, 0.25) is 0 Å². The summed E-state index contributed by atoms with van der Waals surface area (Å²) in [5, 5.41) is 3.38. The predicted octanol–water partition coefficient (Wildman–Crippen LogP) is 4.19. The molecule has 0 bridgehead atoms. The number of furan rings is 1. The lowest BCUT2D eigenvalue weighted by Crippen LogP contribution is -2.35. The van der Waals surface area contributed by atoms with Crippen LogP contribution in [-0.4, -0.2) is 5.54 Å². The predicted molar refractivity (Wildman–Crippen MR) is 80.8 cm³/mol. The highest BCUT2D eigenvalue weighted by Gasteiger charge is 2.13. The van der Waals surface area contributed by atoms with Gasteiger partial charge in [0.15, 0.2) is 0 Å². The van der Waals surface area contributed by atoms with Crippen LogP contribution in [-0.2, 0) is 13.2 Å². The molecule has 0 saturated heterocycles. The molecule has 0 spiro atoms. The summed E-state index contributed by atoms with van der Waals surface area (Å²) in [5.41, 5.74) is 1.60. The molecule has 0 fully saturated rings. The second-order valence-corrected chi connectivity index (χ2v) is 6.17. The van der Waals surface area contributed by atoms with Crippen molar-refractivity contribution < 1.29 is 13.5 Å². The molecule has 21 heavy (non-hydrogen) atoms. The average molecular weight is 291 g/mol. The van der Waals surface area contributed by atoms with Crippen molar-refractivity contribution in [1.29, 1.82) is 0 Å². The van der Waals surface area contributed by atoms with E-state index in [1.165, 1.54) is 6.07 Å². The minimum absolute atomic E-state index is 0.0268. The van der Waals surface area contributed by atoms with Gasteiger partial charge in [0.2, 0.25) is 0 Å². The lowest BCUT2D eigenvalue weighted by atomic mass is 10.1. The van der Waals surface area contributed by atoms with Gasteiger partial charge in [-0.2, -0.15) is 0 Å². The van der Waals surface area contributed by atoms with Gasteiger partial charge >= 0.3 is 0 Å². The number of aryl methyl sites for hydroxylation is 1. The van der Waals surface area contributed by atoms with Crippen molar-refractivity contribution in [3.8, 4) is 5.75 Å². The summed E-state index contributed by atoms with van der Waals surface area (Å²) >= 11 is 0. The first-order chi connectivity index (χ1) is 9.85. The van der Waals surface area contributed by atoms with E-state index in [0.717, 1.165) is 11.3 Å². The summed E-state index contributed by atoms with van der Waals surface area (Å²) in [5.74, 6) is 1.30. The van der Waals surface area contributed by atoms with Crippen LogP contribution in [0.4, 0.5) is 4.39 Å². The van der Waals surface area contributed by atoms with Crippen molar-refractivity contribution in [2.24, 2.45) is 0 Å². The minimum Gasteiger partial charge on any atom is -0.489 e. The van der Waals surface area contributed by atoms with Crippen LogP contribution >= 0.6 is 0 Å². The molecule has 0 saturated carbocycles. The fraction of sp³-hybridized carbons (Fsp3) is 0.412. The van der Waals surface area contributed by atoms with E-state index in [0.29, 0.717) is 24.5 Å². The van der Waals surface area contributed by atoms with E-state index in [2.05, 4.69) is 26.1 Å². The van der Waals surface area contributed by atoms with Gasteiger partial charge < -0.3 is 14.5 Å². The largest absolute Gasteiger partial charge is 0.489 e. The van der Waals surface area contributed by atoms with E-state index in [9.17, 15) is 4.39 Å². The molecule has 4 heteroatoms. The van der Waals surface area contributed by atoms with Gasteiger partial charge in [-0.25, -0.2) is 4.39 Å². The van der Waals surface area contributed by atoms with E-state index < -0.39 is 0 Å². The molecule has 2 aromatic rings. The molecule has 0 atom stereocenters. The molecule has 0 aliphatic carbocycles. The Bertz CT molecular complexity index is 599. The Hall–Kier alpha value is -1.81. The molecular formula is C17H22FNO2. The molecular weight excluding hydrogens is 269 g/mol. The Kier molecular flexibility index (Phi) is 4.68. The summed E-state index contributed by atoms with van der Waals surface area (Å²) in [6.07, 6.45) is 1.66. The minimum atomic E-state index is -0.222. The summed E-state index contributed by atoms with van der Waals surface area (Å²) in [7, 11) is 0. The summed E-state index contributed by atoms with van der Waals surface area (Å²) < 4.78 is 24.4. The van der Waals surface area contributed by atoms with Crippen LogP contribution in [0.25, 0.3) is 0 Å². The monoisotopic (exact) mass is 291 g/mol. The van der Waals surface area contributed by atoms with Gasteiger partial charge in [-0.3, -0.25) is 0 Å². The van der Waals surface area contributed by atoms with E-state index in [1.807, 2.05) is 6.07 Å². The van der Waals surface area contributed by atoms with E-state index in [1.54, 1.807) is 25.3 Å². The zero-order valence-electron chi connectivity index (χ0n) is 13.0. The van der Waals surface area contributed by atoms with E-state index in [-0.39, 0.29) is 11.4 Å². The number of rotatable bonds is 5. The van der Waals surface area contributed by atoms with Crippen molar-refractivity contribution in [2.75, 3.05) is 0 Å². The Morgan fingerprint density at radius 3 is 2.67 bits per heavy atom. The number of ether oxygens (including phenoxy) is 1. The first-order valence-electron chi connectivity index (χ1n) is 7.04. The first kappa shape index (κ1) is 15.6. The van der Waals surface area contributed by atoms with Crippen molar-refractivity contribution >= 4 is 0 Å². The van der Waals surface area contributed by atoms with Crippen molar-refractivity contribution in [3.63, 3.8) is 0 Å². The van der Waals surface area contributed by atoms with Crippen LogP contribution < -0.4 is 10.1 Å². The van der Waals surface area contributed by atoms with E-state index in [4.69, 9.17) is 9.15 Å². The Morgan fingerprint density at radius 2 is 2.00 bits per heavy atom. The van der Waals surface area contributed by atoms with Gasteiger partial charge in [-0.05, 0) is 57.5 Å². The molecule has 2 rings (SSSR count). The Morgan fingerprint density at radius 1 is 1.24 bits per heavy atom. The average Bonchev–Trinajstić information content (AvgIpc) is 2.84. The molecule has 0 aliphatic heterocycles. The highest BCUT2D eigenvalue weighted by Crippen LogP contribution is 2.19. The highest BCUT2D eigenvalue weighted by molar-refractivity contribution is 5.29. The third-order valence-electron chi connectivity index (χ3n) is 3.14. The summed E-state index contributed by atoms with van der Waals surface area (Å²) in [6.45, 7) is 9.09. The zero-order chi connectivity index (χ0) is 15.5. The fourth-order valence-corrected chi connectivity index (χ4v) is 1.86. The van der Waals surface area contributed by atoms with Gasteiger partial charge in [0.05, 0.1) is 12.8 Å². The third-order valence-corrected chi connectivity index (χ3v) is 3.14. The van der Waals surface area contributed by atoms with Crippen molar-refractivity contribution in [1.82, 2.24) is 5.32 Å². The van der Waals surface area contributed by atoms with Crippen LogP contribution in [0.15, 0.2) is 34.9 Å². The smallest absolute Gasteiger partial charge is 0.126 e. The molecule has 1 N–H and O–H groups in total. The molecule has 1 aromatic carbocycles. The SMILES string of the molecule is Cc1cc(OCc2ccoc2CNC(C)(C)C)ccc1F. The van der Waals surface area contributed by atoms with Gasteiger partial charge in [-0.15, -0.1) is 0 Å².